The van der Waals surface area contributed by atoms with Gasteiger partial charge in [-0.3, -0.25) is 10.1 Å². The summed E-state index contributed by atoms with van der Waals surface area (Å²) < 4.78 is 0. The van der Waals surface area contributed by atoms with Gasteiger partial charge in [-0.15, -0.1) is 0 Å². The van der Waals surface area contributed by atoms with E-state index < -0.39 is 0 Å². The largest absolute Gasteiger partial charge is 0.395 e. The average molecular weight is 176 g/mol. The first-order valence-electron chi connectivity index (χ1n) is 4.15. The van der Waals surface area contributed by atoms with Gasteiger partial charge in [0.1, 0.15) is 0 Å². The van der Waals surface area contributed by atoms with Crippen LogP contribution in [0, 0.1) is 10.1 Å². The number of likely N-dealkylation sites (N-methyl/N-ethyl adjacent to an activating group) is 1. The third-order valence-electron chi connectivity index (χ3n) is 1.68. The Balaban J connectivity index is 3.37. The minimum Gasteiger partial charge on any atom is -0.395 e. The molecule has 5 heteroatoms. The summed E-state index contributed by atoms with van der Waals surface area (Å²) in [5.74, 6) is 0. The van der Waals surface area contributed by atoms with Gasteiger partial charge in [-0.05, 0) is 6.54 Å². The number of aliphatic hydroxyl groups excluding tert-OH is 1. The summed E-state index contributed by atoms with van der Waals surface area (Å²) in [7, 11) is 0. The topological polar surface area (TPSA) is 66.6 Å². The van der Waals surface area contributed by atoms with Gasteiger partial charge in [0.2, 0.25) is 6.54 Å². The predicted molar refractivity (Wildman–Crippen MR) is 45.7 cm³/mol. The molecule has 0 spiro atoms. The summed E-state index contributed by atoms with van der Waals surface area (Å²) in [6.07, 6.45) is 0.556. The Hall–Kier alpha value is -0.680. The van der Waals surface area contributed by atoms with E-state index in [1.165, 1.54) is 0 Å². The van der Waals surface area contributed by atoms with Crippen LogP contribution in [0.1, 0.15) is 13.3 Å². The van der Waals surface area contributed by atoms with Gasteiger partial charge in [-0.25, -0.2) is 0 Å². The van der Waals surface area contributed by atoms with Crippen LogP contribution in [0.5, 0.6) is 0 Å². The Kier molecular flexibility index (Phi) is 6.60. The summed E-state index contributed by atoms with van der Waals surface area (Å²) in [4.78, 5) is 11.6. The molecule has 0 saturated heterocycles. The van der Waals surface area contributed by atoms with E-state index >= 15 is 0 Å². The number of nitrogens with zero attached hydrogens (tertiary/aromatic N) is 2. The Morgan fingerprint density at radius 2 is 2.17 bits per heavy atom. The van der Waals surface area contributed by atoms with Crippen molar-refractivity contribution in [1.29, 1.82) is 0 Å². The van der Waals surface area contributed by atoms with Crippen LogP contribution in [-0.4, -0.2) is 47.7 Å². The highest BCUT2D eigenvalue weighted by Crippen LogP contribution is 1.90. The summed E-state index contributed by atoms with van der Waals surface area (Å²) >= 11 is 0. The number of hydrogen-bond donors (Lipinski definition) is 1. The van der Waals surface area contributed by atoms with Crippen molar-refractivity contribution < 1.29 is 10.0 Å². The molecule has 0 atom stereocenters. The summed E-state index contributed by atoms with van der Waals surface area (Å²) in [5.41, 5.74) is 0. The third kappa shape index (κ3) is 6.06. The van der Waals surface area contributed by atoms with Crippen molar-refractivity contribution in [3.63, 3.8) is 0 Å². The zero-order chi connectivity index (χ0) is 9.40. The minimum absolute atomic E-state index is 0.0158. The predicted octanol–water partition coefficient (Wildman–Crippen LogP) is -0.0326. The van der Waals surface area contributed by atoms with E-state index in [2.05, 4.69) is 0 Å². The molecule has 0 aliphatic heterocycles. The van der Waals surface area contributed by atoms with Crippen LogP contribution in [0.15, 0.2) is 0 Å². The summed E-state index contributed by atoms with van der Waals surface area (Å²) in [6.45, 7) is 4.24. The standard InChI is InChI=1S/C7H16N2O3/c1-2-8(6-7-10)4-3-5-9(11)12/h10H,2-7H2,1H3. The first-order valence-corrected chi connectivity index (χ1v) is 4.15. The molecule has 0 aromatic carbocycles. The third-order valence-corrected chi connectivity index (χ3v) is 1.68. The van der Waals surface area contributed by atoms with Gasteiger partial charge in [0, 0.05) is 24.4 Å². The molecule has 0 aromatic heterocycles. The summed E-state index contributed by atoms with van der Waals surface area (Å²) in [5, 5.41) is 18.6. The van der Waals surface area contributed by atoms with Gasteiger partial charge in [-0.2, -0.15) is 0 Å². The van der Waals surface area contributed by atoms with Crippen molar-refractivity contribution in [2.75, 3.05) is 32.8 Å². The van der Waals surface area contributed by atoms with Crippen molar-refractivity contribution in [2.24, 2.45) is 0 Å². The highest BCUT2D eigenvalue weighted by Gasteiger charge is 2.03. The van der Waals surface area contributed by atoms with Crippen LogP contribution < -0.4 is 0 Å². The van der Waals surface area contributed by atoms with E-state index in [0.717, 1.165) is 6.54 Å². The maximum absolute atomic E-state index is 9.96. The first-order chi connectivity index (χ1) is 5.70. The Bertz CT molecular complexity index is 130. The van der Waals surface area contributed by atoms with Crippen LogP contribution in [0.3, 0.4) is 0 Å². The molecule has 1 N–H and O–H groups in total. The van der Waals surface area contributed by atoms with Gasteiger partial charge in [0.05, 0.1) is 6.61 Å². The zero-order valence-corrected chi connectivity index (χ0v) is 7.40. The Morgan fingerprint density at radius 3 is 2.58 bits per heavy atom. The molecule has 5 nitrogen and oxygen atoms in total. The van der Waals surface area contributed by atoms with Gasteiger partial charge in [0.25, 0.3) is 0 Å². The van der Waals surface area contributed by atoms with E-state index in [-0.39, 0.29) is 18.1 Å². The quantitative estimate of drug-likeness (QED) is 0.437. The molecule has 0 fully saturated rings. The van der Waals surface area contributed by atoms with E-state index in [1.807, 2.05) is 11.8 Å². The number of hydrogen-bond acceptors (Lipinski definition) is 4. The maximum atomic E-state index is 9.96. The first kappa shape index (κ1) is 11.3. The van der Waals surface area contributed by atoms with Crippen molar-refractivity contribution in [3.05, 3.63) is 10.1 Å². The molecule has 0 rings (SSSR count). The molecule has 0 unspecified atom stereocenters. The van der Waals surface area contributed by atoms with E-state index in [4.69, 9.17) is 5.11 Å². The molecular weight excluding hydrogens is 160 g/mol. The zero-order valence-electron chi connectivity index (χ0n) is 7.40. The Labute approximate surface area is 72.1 Å². The maximum Gasteiger partial charge on any atom is 0.205 e. The smallest absolute Gasteiger partial charge is 0.205 e. The highest BCUT2D eigenvalue weighted by atomic mass is 16.6. The van der Waals surface area contributed by atoms with Crippen LogP contribution in [0.2, 0.25) is 0 Å². The van der Waals surface area contributed by atoms with E-state index in [0.29, 0.717) is 19.5 Å². The lowest BCUT2D eigenvalue weighted by atomic mass is 10.3. The van der Waals surface area contributed by atoms with Crippen LogP contribution in [-0.2, 0) is 0 Å². The fourth-order valence-corrected chi connectivity index (χ4v) is 0.993. The molecule has 0 aliphatic rings. The van der Waals surface area contributed by atoms with Gasteiger partial charge in [0.15, 0.2) is 0 Å². The van der Waals surface area contributed by atoms with Crippen molar-refractivity contribution in [3.8, 4) is 0 Å². The molecule has 0 saturated carbocycles. The fourth-order valence-electron chi connectivity index (χ4n) is 0.993. The number of nitro groups is 1. The van der Waals surface area contributed by atoms with Crippen LogP contribution >= 0.6 is 0 Å². The molecule has 72 valence electrons. The van der Waals surface area contributed by atoms with Gasteiger partial charge >= 0.3 is 0 Å². The van der Waals surface area contributed by atoms with E-state index in [1.54, 1.807) is 0 Å². The molecular formula is C7H16N2O3. The molecule has 0 amide bonds. The Morgan fingerprint density at radius 1 is 1.50 bits per heavy atom. The van der Waals surface area contributed by atoms with Crippen molar-refractivity contribution >= 4 is 0 Å². The number of aliphatic hydroxyl groups is 1. The lowest BCUT2D eigenvalue weighted by Crippen LogP contribution is -2.28. The normalized spacial score (nSPS) is 10.6. The fraction of sp³-hybridized carbons (Fsp3) is 1.00. The van der Waals surface area contributed by atoms with Gasteiger partial charge < -0.3 is 10.0 Å². The second-order valence-corrected chi connectivity index (χ2v) is 2.57. The van der Waals surface area contributed by atoms with E-state index in [9.17, 15) is 10.1 Å². The average Bonchev–Trinajstić information content (AvgIpc) is 2.02. The molecule has 0 heterocycles. The number of rotatable bonds is 7. The molecule has 12 heavy (non-hydrogen) atoms. The second kappa shape index (κ2) is 7.00. The van der Waals surface area contributed by atoms with Crippen molar-refractivity contribution in [1.82, 2.24) is 4.90 Å². The lowest BCUT2D eigenvalue weighted by Gasteiger charge is -2.17. The lowest BCUT2D eigenvalue weighted by molar-refractivity contribution is -0.480. The molecule has 0 radical (unpaired) electrons. The highest BCUT2D eigenvalue weighted by molar-refractivity contribution is 4.53. The van der Waals surface area contributed by atoms with Gasteiger partial charge in [-0.1, -0.05) is 6.92 Å². The van der Waals surface area contributed by atoms with Crippen LogP contribution in [0.25, 0.3) is 0 Å². The minimum atomic E-state index is -0.313. The SMILES string of the molecule is CCN(CCO)CCC[N+](=O)[O-]. The molecule has 0 bridgehead atoms. The molecule has 0 aromatic rings. The second-order valence-electron chi connectivity index (χ2n) is 2.57. The summed E-state index contributed by atoms with van der Waals surface area (Å²) in [6, 6.07) is 0. The monoisotopic (exact) mass is 176 g/mol. The van der Waals surface area contributed by atoms with Crippen molar-refractivity contribution in [2.45, 2.75) is 13.3 Å². The van der Waals surface area contributed by atoms with Crippen LogP contribution in [0.4, 0.5) is 0 Å². The molecule has 0 aliphatic carbocycles.